The maximum Gasteiger partial charge on any atom is 0.407 e. The number of hydrogen-bond acceptors (Lipinski definition) is 5. The highest BCUT2D eigenvalue weighted by Gasteiger charge is 2.22. The maximum atomic E-state index is 10.7. The number of nitro benzene ring substituents is 1. The molecule has 1 N–H and O–H groups in total. The Kier molecular flexibility index (Phi) is 4.72. The van der Waals surface area contributed by atoms with Crippen LogP contribution in [0.3, 0.4) is 0 Å². The van der Waals surface area contributed by atoms with E-state index in [1.54, 1.807) is 12.1 Å². The van der Waals surface area contributed by atoms with Gasteiger partial charge in [0.1, 0.15) is 6.10 Å². The van der Waals surface area contributed by atoms with Crippen LogP contribution in [0.2, 0.25) is 0 Å². The lowest BCUT2D eigenvalue weighted by Gasteiger charge is -2.08. The van der Waals surface area contributed by atoms with Gasteiger partial charge < -0.3 is 14.8 Å². The second kappa shape index (κ2) is 7.10. The summed E-state index contributed by atoms with van der Waals surface area (Å²) in [4.78, 5) is 20.4. The Labute approximate surface area is 137 Å². The van der Waals surface area contributed by atoms with Gasteiger partial charge in [-0.1, -0.05) is 36.4 Å². The number of hydrogen-bond donors (Lipinski definition) is 1. The number of non-ortho nitro benzene ring substituents is 1. The molecule has 1 saturated heterocycles. The fourth-order valence-corrected chi connectivity index (χ4v) is 2.33. The molecule has 1 aromatic rings. The first-order valence-corrected chi connectivity index (χ1v) is 7.48. The van der Waals surface area contributed by atoms with Gasteiger partial charge >= 0.3 is 6.09 Å². The molecule has 2 aliphatic carbocycles. The van der Waals surface area contributed by atoms with Gasteiger partial charge in [-0.3, -0.25) is 10.1 Å². The number of cyclic esters (lactones) is 1. The van der Waals surface area contributed by atoms with Gasteiger partial charge in [0.25, 0.3) is 5.69 Å². The number of nitrogens with one attached hydrogen (secondary N) is 1. The molecular formula is C17H16N2O5. The number of nitro groups is 1. The third kappa shape index (κ3) is 3.69. The Morgan fingerprint density at radius 1 is 1.25 bits per heavy atom. The van der Waals surface area contributed by atoms with E-state index in [-0.39, 0.29) is 22.8 Å². The van der Waals surface area contributed by atoms with Crippen LogP contribution in [0.25, 0.3) is 0 Å². The molecule has 3 aliphatic rings. The van der Waals surface area contributed by atoms with Crippen LogP contribution >= 0.6 is 0 Å². The summed E-state index contributed by atoms with van der Waals surface area (Å²) in [6.45, 7) is 1.52. The summed E-state index contributed by atoms with van der Waals surface area (Å²) in [6, 6.07) is 15.1. The Bertz CT molecular complexity index is 838. The number of carbonyl (C=O) groups is 1. The van der Waals surface area contributed by atoms with Gasteiger partial charge in [0.2, 0.25) is 0 Å². The summed E-state index contributed by atoms with van der Waals surface area (Å²) in [7, 11) is 0. The third-order valence-electron chi connectivity index (χ3n) is 3.67. The fraction of sp³-hybridized carbons (Fsp3) is 0.235. The number of rotatable bonds is 5. The Hall–Kier alpha value is -2.93. The lowest BCUT2D eigenvalue weighted by atomic mass is 10.1. The summed E-state index contributed by atoms with van der Waals surface area (Å²) in [5.74, 6) is 0. The van der Waals surface area contributed by atoms with E-state index >= 15 is 0 Å². The summed E-state index contributed by atoms with van der Waals surface area (Å²) in [6.07, 6.45) is -0.510. The average Bonchev–Trinajstić information content (AvgIpc) is 2.97. The van der Waals surface area contributed by atoms with Crippen LogP contribution in [-0.4, -0.2) is 30.3 Å². The van der Waals surface area contributed by atoms with Crippen molar-refractivity contribution in [2.45, 2.75) is 12.7 Å². The molecule has 7 heteroatoms. The molecule has 1 fully saturated rings. The van der Waals surface area contributed by atoms with Gasteiger partial charge in [0, 0.05) is 6.07 Å². The van der Waals surface area contributed by atoms with Crippen molar-refractivity contribution < 1.29 is 19.2 Å². The monoisotopic (exact) mass is 328 g/mol. The topological polar surface area (TPSA) is 90.7 Å². The minimum atomic E-state index is -0.359. The third-order valence-corrected chi connectivity index (χ3v) is 3.67. The van der Waals surface area contributed by atoms with Crippen LogP contribution in [0.5, 0.6) is 0 Å². The molecule has 1 atom stereocenters. The zero-order chi connectivity index (χ0) is 16.9. The number of nitrogens with zero attached hydrogens (tertiary/aromatic N) is 1. The average molecular weight is 328 g/mol. The molecule has 0 bridgehead atoms. The highest BCUT2D eigenvalue weighted by atomic mass is 16.6. The normalized spacial score (nSPS) is 16.5. The quantitative estimate of drug-likeness (QED) is 0.574. The summed E-state index contributed by atoms with van der Waals surface area (Å²) in [5.41, 5.74) is 1.38. The molecule has 124 valence electrons. The van der Waals surface area contributed by atoms with Crippen LogP contribution in [0, 0.1) is 20.6 Å². The summed E-state index contributed by atoms with van der Waals surface area (Å²) >= 11 is 0. The smallest absolute Gasteiger partial charge is 0.407 e. The highest BCUT2D eigenvalue weighted by Crippen LogP contribution is 2.22. The van der Waals surface area contributed by atoms with E-state index in [0.717, 1.165) is 16.0 Å². The molecule has 0 saturated carbocycles. The lowest BCUT2D eigenvalue weighted by Crippen LogP contribution is -2.20. The van der Waals surface area contributed by atoms with E-state index in [9.17, 15) is 14.9 Å². The lowest BCUT2D eigenvalue weighted by molar-refractivity contribution is -0.386. The summed E-state index contributed by atoms with van der Waals surface area (Å²) < 4.78 is 10.4. The van der Waals surface area contributed by atoms with Gasteiger partial charge in [-0.25, -0.2) is 4.79 Å². The first-order chi connectivity index (χ1) is 11.6. The maximum absolute atomic E-state index is 10.7. The molecule has 4 rings (SSSR count). The van der Waals surface area contributed by atoms with Crippen LogP contribution in [0.4, 0.5) is 10.5 Å². The van der Waals surface area contributed by atoms with Crippen molar-refractivity contribution in [2.24, 2.45) is 0 Å². The summed E-state index contributed by atoms with van der Waals surface area (Å²) in [5, 5.41) is 14.4. The molecule has 1 heterocycles. The first-order valence-electron chi connectivity index (χ1n) is 7.48. The van der Waals surface area contributed by atoms with Crippen molar-refractivity contribution in [2.75, 3.05) is 13.2 Å². The van der Waals surface area contributed by atoms with E-state index in [1.165, 1.54) is 0 Å². The fourth-order valence-electron chi connectivity index (χ4n) is 2.33. The zero-order valence-electron chi connectivity index (χ0n) is 12.8. The SMILES string of the molecule is O=C1NCC(COCc2ccccc2)O1.O=[N+]([O-])c1cc2ccc1=2. The van der Waals surface area contributed by atoms with Crippen LogP contribution < -0.4 is 5.32 Å². The van der Waals surface area contributed by atoms with Gasteiger partial charge in [-0.05, 0) is 16.8 Å². The second-order valence-corrected chi connectivity index (χ2v) is 5.40. The van der Waals surface area contributed by atoms with E-state index in [0.29, 0.717) is 19.8 Å². The highest BCUT2D eigenvalue weighted by molar-refractivity contribution is 5.69. The largest absolute Gasteiger partial charge is 0.442 e. The number of benzene rings is 2. The molecule has 7 nitrogen and oxygen atoms in total. The number of carbonyl (C=O) groups excluding carboxylic acids is 1. The van der Waals surface area contributed by atoms with Crippen LogP contribution in [-0.2, 0) is 16.1 Å². The number of alkyl carbamates (subject to hydrolysis) is 1. The van der Waals surface area contributed by atoms with E-state index in [4.69, 9.17) is 9.47 Å². The molecule has 1 amide bonds. The molecule has 0 spiro atoms. The number of ether oxygens (including phenoxy) is 2. The van der Waals surface area contributed by atoms with Gasteiger partial charge in [0.15, 0.2) is 0 Å². The van der Waals surface area contributed by atoms with Crippen LogP contribution in [0.15, 0.2) is 48.5 Å². The van der Waals surface area contributed by atoms with E-state index < -0.39 is 0 Å². The van der Waals surface area contributed by atoms with Crippen molar-refractivity contribution >= 4 is 11.8 Å². The molecule has 0 aromatic heterocycles. The van der Waals surface area contributed by atoms with Crippen molar-refractivity contribution in [3.8, 4) is 0 Å². The van der Waals surface area contributed by atoms with E-state index in [1.807, 2.05) is 36.4 Å². The Balaban J connectivity index is 0.000000159. The molecule has 0 radical (unpaired) electrons. The van der Waals surface area contributed by atoms with Gasteiger partial charge in [0.05, 0.1) is 29.9 Å². The minimum Gasteiger partial charge on any atom is -0.442 e. The molecule has 24 heavy (non-hydrogen) atoms. The first kappa shape index (κ1) is 15.9. The van der Waals surface area contributed by atoms with Gasteiger partial charge in [-0.15, -0.1) is 0 Å². The van der Waals surface area contributed by atoms with Crippen molar-refractivity contribution in [3.05, 3.63) is 74.6 Å². The van der Waals surface area contributed by atoms with Gasteiger partial charge in [-0.2, -0.15) is 0 Å². The van der Waals surface area contributed by atoms with Crippen molar-refractivity contribution in [3.63, 3.8) is 0 Å². The predicted octanol–water partition coefficient (Wildman–Crippen LogP) is 2.51. The zero-order valence-corrected chi connectivity index (χ0v) is 12.8. The van der Waals surface area contributed by atoms with Crippen molar-refractivity contribution in [1.82, 2.24) is 5.32 Å². The Morgan fingerprint density at radius 2 is 2.04 bits per heavy atom. The van der Waals surface area contributed by atoms with Crippen LogP contribution in [0.1, 0.15) is 5.56 Å². The molecule has 1 aromatic carbocycles. The molecule has 1 aliphatic heterocycles. The second-order valence-electron chi connectivity index (χ2n) is 5.40. The van der Waals surface area contributed by atoms with Crippen molar-refractivity contribution in [1.29, 1.82) is 0 Å². The molecular weight excluding hydrogens is 312 g/mol. The number of amides is 1. The molecule has 1 unspecified atom stereocenters. The minimum absolute atomic E-state index is 0.152. The Morgan fingerprint density at radius 3 is 2.50 bits per heavy atom. The standard InChI is InChI=1S/C11H13NO3.C6H3NO2/c13-11-12-6-10(15-11)8-14-7-9-4-2-1-3-5-9;8-7(9)6-3-4-1-2-5(4)6/h1-5,10H,6-8H2,(H,12,13);1-3H. The predicted molar refractivity (Wildman–Crippen MR) is 85.1 cm³/mol. The van der Waals surface area contributed by atoms with E-state index in [2.05, 4.69) is 5.32 Å².